The van der Waals surface area contributed by atoms with E-state index in [-0.39, 0.29) is 24.2 Å². The smallest absolute Gasteiger partial charge is 0.262 e. The minimum atomic E-state index is -0.361. The molecule has 2 aromatic carbocycles. The molecule has 0 bridgehead atoms. The molecule has 0 saturated carbocycles. The Kier molecular flexibility index (Phi) is 5.83. The highest BCUT2D eigenvalue weighted by Gasteiger charge is 2.20. The van der Waals surface area contributed by atoms with Crippen LogP contribution in [0.15, 0.2) is 42.5 Å². The molecular weight excluding hydrogens is 367 g/mol. The fraction of sp³-hybridized carbons (Fsp3) is 0.200. The Bertz CT molecular complexity index is 983. The van der Waals surface area contributed by atoms with E-state index in [4.69, 9.17) is 4.74 Å². The number of nitrogens with one attached hydrogen (secondary N) is 2. The van der Waals surface area contributed by atoms with Gasteiger partial charge >= 0.3 is 0 Å². The predicted molar refractivity (Wildman–Crippen MR) is 103 cm³/mol. The number of fused-ring (bicyclic) bond motifs is 1. The molecule has 27 heavy (non-hydrogen) atoms. The largest absolute Gasteiger partial charge is 0.380 e. The third-order valence-corrected chi connectivity index (χ3v) is 5.35. The van der Waals surface area contributed by atoms with E-state index in [1.54, 1.807) is 43.4 Å². The van der Waals surface area contributed by atoms with Crippen LogP contribution in [0.1, 0.15) is 31.2 Å². The number of halogens is 1. The summed E-state index contributed by atoms with van der Waals surface area (Å²) in [6.45, 7) is 0.459. The lowest BCUT2D eigenvalue weighted by Gasteiger charge is -2.07. The SMILES string of the molecule is CNC(=O)c1ccc(CNC(=O)c2sc3cccc(F)c3c2COC)cc1. The van der Waals surface area contributed by atoms with Crippen molar-refractivity contribution in [3.05, 3.63) is 69.8 Å². The van der Waals surface area contributed by atoms with Crippen molar-refractivity contribution in [1.82, 2.24) is 10.6 Å². The standard InChI is InChI=1S/C20H19FN2O3S/c1-22-19(24)13-8-6-12(7-9-13)10-23-20(25)18-14(11-26-2)17-15(21)4-3-5-16(17)27-18/h3-9H,10-11H2,1-2H3,(H,22,24)(H,23,25). The van der Waals surface area contributed by atoms with Crippen LogP contribution >= 0.6 is 11.3 Å². The zero-order valence-electron chi connectivity index (χ0n) is 15.0. The minimum Gasteiger partial charge on any atom is -0.380 e. The average molecular weight is 386 g/mol. The molecule has 0 spiro atoms. The van der Waals surface area contributed by atoms with Gasteiger partial charge in [0.1, 0.15) is 5.82 Å². The Hall–Kier alpha value is -2.77. The lowest BCUT2D eigenvalue weighted by molar-refractivity contribution is 0.0946. The van der Waals surface area contributed by atoms with Gasteiger partial charge in [0.2, 0.25) is 0 Å². The van der Waals surface area contributed by atoms with Gasteiger partial charge in [-0.1, -0.05) is 18.2 Å². The van der Waals surface area contributed by atoms with Gasteiger partial charge < -0.3 is 15.4 Å². The summed E-state index contributed by atoms with van der Waals surface area (Å²) in [4.78, 5) is 24.7. The number of thiophene rings is 1. The molecule has 0 aliphatic heterocycles. The highest BCUT2D eigenvalue weighted by atomic mass is 32.1. The zero-order chi connectivity index (χ0) is 19.4. The first-order valence-electron chi connectivity index (χ1n) is 8.33. The zero-order valence-corrected chi connectivity index (χ0v) is 15.8. The summed E-state index contributed by atoms with van der Waals surface area (Å²) in [5.41, 5.74) is 1.97. The minimum absolute atomic E-state index is 0.157. The summed E-state index contributed by atoms with van der Waals surface area (Å²) in [6, 6.07) is 11.8. The Balaban J connectivity index is 1.79. The van der Waals surface area contributed by atoms with E-state index in [2.05, 4.69) is 10.6 Å². The van der Waals surface area contributed by atoms with Gasteiger partial charge in [0, 0.05) is 41.9 Å². The van der Waals surface area contributed by atoms with Crippen LogP contribution in [-0.2, 0) is 17.9 Å². The number of ether oxygens (including phenoxy) is 1. The third kappa shape index (κ3) is 3.99. The summed E-state index contributed by atoms with van der Waals surface area (Å²) in [7, 11) is 3.09. The highest BCUT2D eigenvalue weighted by molar-refractivity contribution is 7.21. The number of rotatable bonds is 6. The summed E-state index contributed by atoms with van der Waals surface area (Å²) in [5.74, 6) is -0.806. The topological polar surface area (TPSA) is 67.4 Å². The van der Waals surface area contributed by atoms with E-state index < -0.39 is 0 Å². The van der Waals surface area contributed by atoms with E-state index in [1.165, 1.54) is 24.5 Å². The quantitative estimate of drug-likeness (QED) is 0.682. The second kappa shape index (κ2) is 8.28. The van der Waals surface area contributed by atoms with Gasteiger partial charge in [0.05, 0.1) is 11.5 Å². The summed E-state index contributed by atoms with van der Waals surface area (Å²) in [6.07, 6.45) is 0. The first-order valence-corrected chi connectivity index (χ1v) is 9.14. The van der Waals surface area contributed by atoms with Gasteiger partial charge in [-0.15, -0.1) is 11.3 Å². The number of methoxy groups -OCH3 is 1. The maximum atomic E-state index is 14.2. The molecule has 2 N–H and O–H groups in total. The van der Waals surface area contributed by atoms with Gasteiger partial charge in [-0.25, -0.2) is 4.39 Å². The predicted octanol–water partition coefficient (Wildman–Crippen LogP) is 3.48. The molecular formula is C20H19FN2O3S. The molecule has 0 saturated heterocycles. The molecule has 7 heteroatoms. The lowest BCUT2D eigenvalue weighted by atomic mass is 10.1. The fourth-order valence-electron chi connectivity index (χ4n) is 2.81. The van der Waals surface area contributed by atoms with E-state index in [0.29, 0.717) is 32.6 Å². The summed E-state index contributed by atoms with van der Waals surface area (Å²) < 4.78 is 20.1. The molecule has 0 unspecified atom stereocenters. The van der Waals surface area contributed by atoms with Crippen LogP contribution in [0.2, 0.25) is 0 Å². The van der Waals surface area contributed by atoms with Gasteiger partial charge in [0.15, 0.2) is 0 Å². The summed E-state index contributed by atoms with van der Waals surface area (Å²) in [5, 5.41) is 5.84. The Morgan fingerprint density at radius 2 is 1.85 bits per heavy atom. The molecule has 0 atom stereocenters. The molecule has 140 valence electrons. The van der Waals surface area contributed by atoms with Crippen molar-refractivity contribution in [1.29, 1.82) is 0 Å². The van der Waals surface area contributed by atoms with Gasteiger partial charge in [-0.2, -0.15) is 0 Å². The summed E-state index contributed by atoms with van der Waals surface area (Å²) >= 11 is 1.25. The number of amides is 2. The molecule has 3 rings (SSSR count). The normalized spacial score (nSPS) is 10.8. The van der Waals surface area contributed by atoms with Crippen LogP contribution < -0.4 is 10.6 Å². The van der Waals surface area contributed by atoms with Crippen molar-refractivity contribution >= 4 is 33.2 Å². The maximum absolute atomic E-state index is 14.2. The Morgan fingerprint density at radius 3 is 2.52 bits per heavy atom. The monoisotopic (exact) mass is 386 g/mol. The van der Waals surface area contributed by atoms with Crippen molar-refractivity contribution in [2.24, 2.45) is 0 Å². The van der Waals surface area contributed by atoms with Crippen molar-refractivity contribution in [2.75, 3.05) is 14.2 Å². The average Bonchev–Trinajstić information content (AvgIpc) is 3.06. The van der Waals surface area contributed by atoms with Crippen molar-refractivity contribution < 1.29 is 18.7 Å². The molecule has 0 aliphatic rings. The lowest BCUT2D eigenvalue weighted by Crippen LogP contribution is -2.23. The molecule has 3 aromatic rings. The van der Waals surface area contributed by atoms with Crippen LogP contribution in [0.25, 0.3) is 10.1 Å². The van der Waals surface area contributed by atoms with E-state index >= 15 is 0 Å². The van der Waals surface area contributed by atoms with Crippen LogP contribution in [0, 0.1) is 5.82 Å². The number of hydrogen-bond acceptors (Lipinski definition) is 4. The van der Waals surface area contributed by atoms with Crippen molar-refractivity contribution in [3.63, 3.8) is 0 Å². The van der Waals surface area contributed by atoms with Crippen molar-refractivity contribution in [3.8, 4) is 0 Å². The molecule has 1 heterocycles. The van der Waals surface area contributed by atoms with Crippen LogP contribution in [0.3, 0.4) is 0 Å². The number of carbonyl (C=O) groups is 2. The molecule has 0 aliphatic carbocycles. The maximum Gasteiger partial charge on any atom is 0.262 e. The second-order valence-electron chi connectivity index (χ2n) is 5.91. The molecule has 0 fully saturated rings. The van der Waals surface area contributed by atoms with Gasteiger partial charge in [-0.3, -0.25) is 9.59 Å². The third-order valence-electron chi connectivity index (χ3n) is 4.15. The number of carbonyl (C=O) groups excluding carboxylic acids is 2. The molecule has 0 radical (unpaired) electrons. The fourth-order valence-corrected chi connectivity index (χ4v) is 3.95. The Labute approximate surface area is 160 Å². The first-order chi connectivity index (χ1) is 13.0. The van der Waals surface area contributed by atoms with Gasteiger partial charge in [0.25, 0.3) is 11.8 Å². The molecule has 2 amide bonds. The molecule has 5 nitrogen and oxygen atoms in total. The second-order valence-corrected chi connectivity index (χ2v) is 6.97. The van der Waals surface area contributed by atoms with Crippen molar-refractivity contribution in [2.45, 2.75) is 13.2 Å². The van der Waals surface area contributed by atoms with E-state index in [1.807, 2.05) is 0 Å². The number of hydrogen-bond donors (Lipinski definition) is 2. The van der Waals surface area contributed by atoms with E-state index in [0.717, 1.165) is 5.56 Å². The van der Waals surface area contributed by atoms with Crippen LogP contribution in [-0.4, -0.2) is 26.0 Å². The molecule has 1 aromatic heterocycles. The Morgan fingerprint density at radius 1 is 1.11 bits per heavy atom. The first kappa shape index (κ1) is 19.0. The highest BCUT2D eigenvalue weighted by Crippen LogP contribution is 2.33. The van der Waals surface area contributed by atoms with Gasteiger partial charge in [-0.05, 0) is 29.8 Å². The number of benzene rings is 2. The van der Waals surface area contributed by atoms with E-state index in [9.17, 15) is 14.0 Å². The van der Waals surface area contributed by atoms with Crippen LogP contribution in [0.4, 0.5) is 4.39 Å². The van der Waals surface area contributed by atoms with Crippen LogP contribution in [0.5, 0.6) is 0 Å².